The lowest BCUT2D eigenvalue weighted by molar-refractivity contribution is -0.384. The number of hydrogen-bond acceptors (Lipinski definition) is 8. The van der Waals surface area contributed by atoms with Crippen molar-refractivity contribution in [2.45, 2.75) is 17.1 Å². The highest BCUT2D eigenvalue weighted by atomic mass is 32.2. The molecule has 0 spiro atoms. The van der Waals surface area contributed by atoms with Gasteiger partial charge in [0.15, 0.2) is 0 Å². The average Bonchev–Trinajstić information content (AvgIpc) is 2.51. The molecular formula is C13H17N3O7S2. The fourth-order valence-electron chi connectivity index (χ4n) is 1.27. The van der Waals surface area contributed by atoms with E-state index in [1.807, 2.05) is 6.92 Å². The van der Waals surface area contributed by atoms with Gasteiger partial charge in [-0.15, -0.1) is 0 Å². The summed E-state index contributed by atoms with van der Waals surface area (Å²) in [6.07, 6.45) is 3.02. The van der Waals surface area contributed by atoms with Crippen LogP contribution in [0.3, 0.4) is 0 Å². The number of carbonyl (C=O) groups is 1. The lowest BCUT2D eigenvalue weighted by Gasteiger charge is -2.04. The maximum Gasteiger partial charge on any atom is 0.330 e. The minimum absolute atomic E-state index is 0.0779. The SMILES string of the molecule is COC(=O)/C=C/C(C)SC(N)=[NH2+].O=[N+]([O-])c1ccc(S(=O)(=O)[O-])cc1. The van der Waals surface area contributed by atoms with Gasteiger partial charge >= 0.3 is 5.97 Å². The molecule has 1 aromatic rings. The molecular weight excluding hydrogens is 374 g/mol. The number of nitro groups is 1. The topological polar surface area (TPSA) is 178 Å². The van der Waals surface area contributed by atoms with Gasteiger partial charge in [-0.05, 0) is 30.8 Å². The van der Waals surface area contributed by atoms with Crippen molar-refractivity contribution >= 4 is 38.7 Å². The molecule has 1 rings (SSSR count). The summed E-state index contributed by atoms with van der Waals surface area (Å²) in [4.78, 5) is 19.6. The number of carbonyl (C=O) groups excluding carboxylic acids is 1. The minimum atomic E-state index is -4.52. The van der Waals surface area contributed by atoms with Crippen LogP contribution >= 0.6 is 11.8 Å². The first-order valence-corrected chi connectivity index (χ1v) is 8.77. The fraction of sp³-hybridized carbons (Fsp3) is 0.231. The van der Waals surface area contributed by atoms with Gasteiger partial charge < -0.3 is 9.29 Å². The van der Waals surface area contributed by atoms with Crippen LogP contribution in [0.25, 0.3) is 0 Å². The minimum Gasteiger partial charge on any atom is -0.744 e. The zero-order valence-electron chi connectivity index (χ0n) is 13.3. The highest BCUT2D eigenvalue weighted by Crippen LogP contribution is 2.14. The molecule has 0 aliphatic rings. The van der Waals surface area contributed by atoms with E-state index in [1.54, 1.807) is 6.08 Å². The number of hydrogen-bond donors (Lipinski definition) is 2. The van der Waals surface area contributed by atoms with E-state index in [0.29, 0.717) is 0 Å². The molecule has 0 aliphatic carbocycles. The summed E-state index contributed by atoms with van der Waals surface area (Å²) < 4.78 is 35.6. The predicted molar refractivity (Wildman–Crippen MR) is 90.4 cm³/mol. The van der Waals surface area contributed by atoms with Gasteiger partial charge in [0.1, 0.15) is 10.1 Å². The van der Waals surface area contributed by atoms with Crippen LogP contribution in [0.15, 0.2) is 41.3 Å². The third-order valence-electron chi connectivity index (χ3n) is 2.36. The third kappa shape index (κ3) is 10.1. The Morgan fingerprint density at radius 2 is 1.92 bits per heavy atom. The summed E-state index contributed by atoms with van der Waals surface area (Å²) in [5.74, 6) is -0.377. The van der Waals surface area contributed by atoms with Crippen molar-refractivity contribution in [3.8, 4) is 0 Å². The van der Waals surface area contributed by atoms with Crippen LogP contribution in [0, 0.1) is 10.1 Å². The Morgan fingerprint density at radius 3 is 2.28 bits per heavy atom. The van der Waals surface area contributed by atoms with Crippen molar-refractivity contribution < 1.29 is 32.8 Å². The van der Waals surface area contributed by atoms with Gasteiger partial charge in [-0.1, -0.05) is 6.08 Å². The fourth-order valence-corrected chi connectivity index (χ4v) is 2.33. The van der Waals surface area contributed by atoms with Gasteiger partial charge in [0.25, 0.3) is 10.9 Å². The second-order valence-corrected chi connectivity index (χ2v) is 7.14. The molecule has 138 valence electrons. The highest BCUT2D eigenvalue weighted by Gasteiger charge is 2.06. The molecule has 0 heterocycles. The van der Waals surface area contributed by atoms with Crippen molar-refractivity contribution in [2.75, 3.05) is 7.11 Å². The number of benzene rings is 1. The zero-order chi connectivity index (χ0) is 19.6. The number of nitrogens with two attached hydrogens (primary N) is 2. The standard InChI is InChI=1S/C7H12N2O2S.C6H5NO5S/c1-5(12-7(8)9)3-4-6(10)11-2;8-7(9)5-1-3-6(4-2-5)13(10,11)12/h3-5H,1-2H3,(H3,8,9);1-4H,(H,10,11,12)/b4-3+;. The van der Waals surface area contributed by atoms with Crippen molar-refractivity contribution in [3.05, 3.63) is 46.5 Å². The average molecular weight is 391 g/mol. The monoisotopic (exact) mass is 391 g/mol. The first kappa shape index (κ1) is 22.6. The molecule has 0 saturated heterocycles. The van der Waals surface area contributed by atoms with E-state index in [1.165, 1.54) is 24.9 Å². The number of ether oxygens (including phenoxy) is 1. The predicted octanol–water partition coefficient (Wildman–Crippen LogP) is -0.590. The van der Waals surface area contributed by atoms with E-state index in [2.05, 4.69) is 4.74 Å². The van der Waals surface area contributed by atoms with Crippen LogP contribution in [-0.2, 0) is 19.6 Å². The number of non-ortho nitro benzene ring substituents is 1. The molecule has 4 N–H and O–H groups in total. The maximum absolute atomic E-state index is 10.6. The Bertz CT molecular complexity index is 745. The van der Waals surface area contributed by atoms with Crippen LogP contribution in [0.4, 0.5) is 5.69 Å². The van der Waals surface area contributed by atoms with Gasteiger partial charge in [-0.2, -0.15) is 0 Å². The van der Waals surface area contributed by atoms with Crippen molar-refractivity contribution in [1.29, 1.82) is 0 Å². The van der Waals surface area contributed by atoms with Crippen molar-refractivity contribution in [2.24, 2.45) is 5.73 Å². The Hall–Kier alpha value is -2.44. The number of amidine groups is 1. The second kappa shape index (κ2) is 10.4. The van der Waals surface area contributed by atoms with Crippen LogP contribution in [0.2, 0.25) is 0 Å². The van der Waals surface area contributed by atoms with Crippen LogP contribution in [0.5, 0.6) is 0 Å². The van der Waals surface area contributed by atoms with Crippen molar-refractivity contribution in [3.63, 3.8) is 0 Å². The first-order chi connectivity index (χ1) is 11.5. The summed E-state index contributed by atoms with van der Waals surface area (Å²) in [7, 11) is -3.19. The van der Waals surface area contributed by atoms with Gasteiger partial charge in [0.2, 0.25) is 0 Å². The number of esters is 1. The Kier molecular flexibility index (Phi) is 9.41. The third-order valence-corrected chi connectivity index (χ3v) is 4.01. The number of thioether (sulfide) groups is 1. The first-order valence-electron chi connectivity index (χ1n) is 6.48. The molecule has 0 radical (unpaired) electrons. The summed E-state index contributed by atoms with van der Waals surface area (Å²) in [5, 5.41) is 15.7. The molecule has 1 unspecified atom stereocenters. The molecule has 25 heavy (non-hydrogen) atoms. The maximum atomic E-state index is 10.6. The molecule has 0 aliphatic heterocycles. The van der Waals surface area contributed by atoms with Crippen LogP contribution in [-0.4, -0.2) is 41.4 Å². The van der Waals surface area contributed by atoms with Gasteiger partial charge in [0.05, 0.1) is 16.9 Å². The van der Waals surface area contributed by atoms with E-state index in [0.717, 1.165) is 24.3 Å². The molecule has 0 amide bonds. The summed E-state index contributed by atoms with van der Waals surface area (Å²) in [5.41, 5.74) is 4.98. The molecule has 0 saturated carbocycles. The van der Waals surface area contributed by atoms with Gasteiger partial charge in [-0.3, -0.25) is 21.3 Å². The summed E-state index contributed by atoms with van der Waals surface area (Å²) in [6.45, 7) is 1.88. The molecule has 1 atom stereocenters. The van der Waals surface area contributed by atoms with E-state index in [-0.39, 0.29) is 22.1 Å². The molecule has 0 bridgehead atoms. The molecule has 10 nitrogen and oxygen atoms in total. The number of rotatable bonds is 5. The van der Waals surface area contributed by atoms with E-state index in [4.69, 9.17) is 11.1 Å². The lowest BCUT2D eigenvalue weighted by Crippen LogP contribution is -2.43. The smallest absolute Gasteiger partial charge is 0.330 e. The molecule has 0 aromatic heterocycles. The summed E-state index contributed by atoms with van der Waals surface area (Å²) >= 11 is 1.28. The number of nitrogens with zero attached hydrogens (tertiary/aromatic N) is 1. The van der Waals surface area contributed by atoms with Gasteiger partial charge in [0, 0.05) is 23.5 Å². The van der Waals surface area contributed by atoms with Crippen LogP contribution in [0.1, 0.15) is 6.92 Å². The van der Waals surface area contributed by atoms with E-state index >= 15 is 0 Å². The van der Waals surface area contributed by atoms with E-state index in [9.17, 15) is 27.9 Å². The zero-order valence-corrected chi connectivity index (χ0v) is 15.0. The highest BCUT2D eigenvalue weighted by molar-refractivity contribution is 8.14. The number of nitro benzene ring substituents is 1. The Balaban J connectivity index is 0.000000463. The van der Waals surface area contributed by atoms with Gasteiger partial charge in [-0.25, -0.2) is 13.2 Å². The molecule has 1 aromatic carbocycles. The Morgan fingerprint density at radius 1 is 1.40 bits per heavy atom. The van der Waals surface area contributed by atoms with Crippen molar-refractivity contribution in [1.82, 2.24) is 0 Å². The normalized spacial score (nSPS) is 12.0. The number of methoxy groups -OCH3 is 1. The lowest BCUT2D eigenvalue weighted by atomic mass is 10.3. The largest absolute Gasteiger partial charge is 0.744 e. The molecule has 0 fully saturated rings. The van der Waals surface area contributed by atoms with Crippen LogP contribution < -0.4 is 11.1 Å². The molecule has 12 heteroatoms. The Labute approximate surface area is 148 Å². The second-order valence-electron chi connectivity index (χ2n) is 4.31. The summed E-state index contributed by atoms with van der Waals surface area (Å²) in [6, 6.07) is 3.73. The quantitative estimate of drug-likeness (QED) is 0.126. The van der Waals surface area contributed by atoms with E-state index < -0.39 is 19.9 Å².